The SMILES string of the molecule is CCc1cc(CC(=O)Cc2ccc(Cl)c(Cl)c2)n(CC)n1. The molecular formula is C16H18Cl2N2O. The number of ketones is 1. The van der Waals surface area contributed by atoms with Crippen molar-refractivity contribution in [2.45, 2.75) is 39.7 Å². The molecule has 1 aromatic carbocycles. The zero-order valence-corrected chi connectivity index (χ0v) is 13.7. The van der Waals surface area contributed by atoms with Gasteiger partial charge in [-0.2, -0.15) is 5.10 Å². The average molecular weight is 325 g/mol. The van der Waals surface area contributed by atoms with E-state index in [0.29, 0.717) is 22.9 Å². The van der Waals surface area contributed by atoms with Gasteiger partial charge >= 0.3 is 0 Å². The van der Waals surface area contributed by atoms with Crippen LogP contribution in [0.4, 0.5) is 0 Å². The molecular weight excluding hydrogens is 307 g/mol. The van der Waals surface area contributed by atoms with Crippen molar-refractivity contribution in [2.24, 2.45) is 0 Å². The monoisotopic (exact) mass is 324 g/mol. The number of halogens is 2. The Morgan fingerprint density at radius 1 is 1.14 bits per heavy atom. The third-order valence-corrected chi connectivity index (χ3v) is 4.08. The number of rotatable bonds is 6. The number of hydrogen-bond donors (Lipinski definition) is 0. The first-order valence-corrected chi connectivity index (χ1v) is 7.80. The molecule has 0 atom stereocenters. The van der Waals surface area contributed by atoms with Gasteiger partial charge in [-0.15, -0.1) is 0 Å². The van der Waals surface area contributed by atoms with Crippen molar-refractivity contribution in [1.82, 2.24) is 9.78 Å². The van der Waals surface area contributed by atoms with E-state index in [2.05, 4.69) is 12.0 Å². The summed E-state index contributed by atoms with van der Waals surface area (Å²) in [5.74, 6) is 0.144. The maximum atomic E-state index is 12.2. The van der Waals surface area contributed by atoms with Gasteiger partial charge < -0.3 is 0 Å². The second-order valence-electron chi connectivity index (χ2n) is 4.94. The highest BCUT2D eigenvalue weighted by atomic mass is 35.5. The van der Waals surface area contributed by atoms with Crippen molar-refractivity contribution in [3.05, 3.63) is 51.3 Å². The highest BCUT2D eigenvalue weighted by Gasteiger charge is 2.12. The van der Waals surface area contributed by atoms with Crippen LogP contribution in [0.1, 0.15) is 30.8 Å². The molecule has 1 aromatic heterocycles. The van der Waals surface area contributed by atoms with Crippen LogP contribution in [0.5, 0.6) is 0 Å². The second kappa shape index (κ2) is 7.10. The molecule has 0 N–H and O–H groups in total. The van der Waals surface area contributed by atoms with Crippen molar-refractivity contribution < 1.29 is 4.79 Å². The fourth-order valence-electron chi connectivity index (χ4n) is 2.25. The number of aryl methyl sites for hydroxylation is 2. The lowest BCUT2D eigenvalue weighted by atomic mass is 10.1. The number of aromatic nitrogens is 2. The van der Waals surface area contributed by atoms with Crippen molar-refractivity contribution in [3.8, 4) is 0 Å². The predicted octanol–water partition coefficient (Wildman–Crippen LogP) is 4.13. The largest absolute Gasteiger partial charge is 0.299 e. The molecule has 2 rings (SSSR count). The predicted molar refractivity (Wildman–Crippen MR) is 86.2 cm³/mol. The summed E-state index contributed by atoms with van der Waals surface area (Å²) in [5.41, 5.74) is 2.88. The van der Waals surface area contributed by atoms with Crippen LogP contribution < -0.4 is 0 Å². The van der Waals surface area contributed by atoms with Crippen LogP contribution in [0.15, 0.2) is 24.3 Å². The molecule has 5 heteroatoms. The van der Waals surface area contributed by atoms with Gasteiger partial charge in [0.1, 0.15) is 5.78 Å². The van der Waals surface area contributed by atoms with Crippen LogP contribution >= 0.6 is 23.2 Å². The van der Waals surface area contributed by atoms with Crippen LogP contribution in [0, 0.1) is 0 Å². The lowest BCUT2D eigenvalue weighted by molar-refractivity contribution is -0.117. The van der Waals surface area contributed by atoms with E-state index < -0.39 is 0 Å². The summed E-state index contributed by atoms with van der Waals surface area (Å²) in [6, 6.07) is 7.31. The maximum absolute atomic E-state index is 12.2. The molecule has 0 radical (unpaired) electrons. The van der Waals surface area contributed by atoms with Gasteiger partial charge in [-0.1, -0.05) is 36.2 Å². The first-order chi connectivity index (χ1) is 10.0. The smallest absolute Gasteiger partial charge is 0.143 e. The highest BCUT2D eigenvalue weighted by molar-refractivity contribution is 6.42. The van der Waals surface area contributed by atoms with Gasteiger partial charge in [0.25, 0.3) is 0 Å². The quantitative estimate of drug-likeness (QED) is 0.800. The topological polar surface area (TPSA) is 34.9 Å². The number of carbonyl (C=O) groups is 1. The van der Waals surface area contributed by atoms with Crippen LogP contribution in [0.3, 0.4) is 0 Å². The van der Waals surface area contributed by atoms with Crippen LogP contribution in [0.2, 0.25) is 10.0 Å². The minimum atomic E-state index is 0.144. The summed E-state index contributed by atoms with van der Waals surface area (Å²) in [6.07, 6.45) is 1.62. The molecule has 112 valence electrons. The molecule has 0 saturated carbocycles. The third-order valence-electron chi connectivity index (χ3n) is 3.34. The molecule has 0 saturated heterocycles. The molecule has 3 nitrogen and oxygen atoms in total. The fraction of sp³-hybridized carbons (Fsp3) is 0.375. The Labute approximate surface area is 134 Å². The van der Waals surface area contributed by atoms with Gasteiger partial charge in [0, 0.05) is 25.1 Å². The summed E-state index contributed by atoms with van der Waals surface area (Å²) in [6.45, 7) is 4.86. The number of benzene rings is 1. The first-order valence-electron chi connectivity index (χ1n) is 7.04. The van der Waals surface area contributed by atoms with Crippen molar-refractivity contribution >= 4 is 29.0 Å². The van der Waals surface area contributed by atoms with Gasteiger partial charge in [0.05, 0.1) is 15.7 Å². The summed E-state index contributed by atoms with van der Waals surface area (Å²) in [4.78, 5) is 12.2. The minimum absolute atomic E-state index is 0.144. The lowest BCUT2D eigenvalue weighted by Crippen LogP contribution is -2.11. The molecule has 0 aliphatic carbocycles. The summed E-state index contributed by atoms with van der Waals surface area (Å²) in [7, 11) is 0. The molecule has 0 spiro atoms. The van der Waals surface area contributed by atoms with E-state index in [0.717, 1.165) is 29.9 Å². The Morgan fingerprint density at radius 3 is 2.52 bits per heavy atom. The number of hydrogen-bond acceptors (Lipinski definition) is 2. The van der Waals surface area contributed by atoms with Crippen LogP contribution in [0.25, 0.3) is 0 Å². The Kier molecular flexibility index (Phi) is 5.43. The molecule has 0 amide bonds. The first kappa shape index (κ1) is 16.1. The molecule has 2 aromatic rings. The number of carbonyl (C=O) groups excluding carboxylic acids is 1. The molecule has 0 fully saturated rings. The zero-order chi connectivity index (χ0) is 15.4. The van der Waals surface area contributed by atoms with E-state index in [4.69, 9.17) is 23.2 Å². The highest BCUT2D eigenvalue weighted by Crippen LogP contribution is 2.23. The average Bonchev–Trinajstić information content (AvgIpc) is 2.85. The summed E-state index contributed by atoms with van der Waals surface area (Å²) in [5, 5.41) is 5.44. The van der Waals surface area contributed by atoms with Crippen LogP contribution in [-0.4, -0.2) is 15.6 Å². The molecule has 0 aliphatic heterocycles. The molecule has 1 heterocycles. The normalized spacial score (nSPS) is 10.9. The van der Waals surface area contributed by atoms with Crippen molar-refractivity contribution in [3.63, 3.8) is 0 Å². The Hall–Kier alpha value is -1.32. The van der Waals surface area contributed by atoms with E-state index in [1.54, 1.807) is 12.1 Å². The van der Waals surface area contributed by atoms with Gasteiger partial charge in [0.15, 0.2) is 0 Å². The maximum Gasteiger partial charge on any atom is 0.143 e. The number of nitrogens with zero attached hydrogens (tertiary/aromatic N) is 2. The van der Waals surface area contributed by atoms with Crippen molar-refractivity contribution in [2.75, 3.05) is 0 Å². The van der Waals surface area contributed by atoms with Gasteiger partial charge in [-0.25, -0.2) is 0 Å². The molecule has 0 unspecified atom stereocenters. The van der Waals surface area contributed by atoms with Gasteiger partial charge in [-0.3, -0.25) is 9.48 Å². The van der Waals surface area contributed by atoms with Crippen LogP contribution in [-0.2, 0) is 30.6 Å². The third kappa shape index (κ3) is 4.08. The van der Waals surface area contributed by atoms with E-state index in [1.807, 2.05) is 23.7 Å². The lowest BCUT2D eigenvalue weighted by Gasteiger charge is -2.05. The molecule has 0 bridgehead atoms. The number of Topliss-reactive ketones (excluding diaryl/α,β-unsaturated/α-hetero) is 1. The van der Waals surface area contributed by atoms with Gasteiger partial charge in [-0.05, 0) is 37.1 Å². The van der Waals surface area contributed by atoms with E-state index >= 15 is 0 Å². The standard InChI is InChI=1S/C16H18Cl2N2O/c1-3-12-9-13(20(4-2)19-12)10-14(21)7-11-5-6-15(17)16(18)8-11/h5-6,8-9H,3-4,7,10H2,1-2H3. The Bertz CT molecular complexity index is 650. The molecule has 21 heavy (non-hydrogen) atoms. The fourth-order valence-corrected chi connectivity index (χ4v) is 2.57. The zero-order valence-electron chi connectivity index (χ0n) is 12.2. The van der Waals surface area contributed by atoms with E-state index in [1.165, 1.54) is 0 Å². The minimum Gasteiger partial charge on any atom is -0.299 e. The van der Waals surface area contributed by atoms with Gasteiger partial charge in [0.2, 0.25) is 0 Å². The Morgan fingerprint density at radius 2 is 1.90 bits per heavy atom. The second-order valence-corrected chi connectivity index (χ2v) is 5.75. The van der Waals surface area contributed by atoms with E-state index in [-0.39, 0.29) is 5.78 Å². The van der Waals surface area contributed by atoms with E-state index in [9.17, 15) is 4.79 Å². The summed E-state index contributed by atoms with van der Waals surface area (Å²) >= 11 is 11.8. The summed E-state index contributed by atoms with van der Waals surface area (Å²) < 4.78 is 1.89. The molecule has 0 aliphatic rings. The Balaban J connectivity index is 2.07. The van der Waals surface area contributed by atoms with Crippen molar-refractivity contribution in [1.29, 1.82) is 0 Å².